The fourth-order valence-corrected chi connectivity index (χ4v) is 2.24. The van der Waals surface area contributed by atoms with Crippen LogP contribution in [-0.4, -0.2) is 4.57 Å². The van der Waals surface area contributed by atoms with Crippen LogP contribution in [0, 0.1) is 5.92 Å². The van der Waals surface area contributed by atoms with Crippen LogP contribution in [0.5, 0.6) is 0 Å². The predicted octanol–water partition coefficient (Wildman–Crippen LogP) is 2.35. The molecule has 0 radical (unpaired) electrons. The fourth-order valence-electron chi connectivity index (χ4n) is 2.24. The first-order valence-corrected chi connectivity index (χ1v) is 6.09. The Hall–Kier alpha value is -1.25. The monoisotopic (exact) mass is 220 g/mol. The predicted molar refractivity (Wildman–Crippen MR) is 66.5 cm³/mol. The first-order chi connectivity index (χ1) is 7.59. The van der Waals surface area contributed by atoms with E-state index in [1.807, 2.05) is 10.6 Å². The van der Waals surface area contributed by atoms with Crippen LogP contribution in [0.25, 0.3) is 0 Å². The number of hydrogen-bond acceptors (Lipinski definition) is 2. The molecule has 1 aromatic rings. The Morgan fingerprint density at radius 3 is 2.62 bits per heavy atom. The quantitative estimate of drug-likeness (QED) is 0.850. The summed E-state index contributed by atoms with van der Waals surface area (Å²) in [6.07, 6.45) is 4.42. The lowest BCUT2D eigenvalue weighted by atomic mass is 9.91. The van der Waals surface area contributed by atoms with Crippen molar-refractivity contribution < 1.29 is 0 Å². The molecule has 1 fully saturated rings. The van der Waals surface area contributed by atoms with E-state index < -0.39 is 0 Å². The minimum atomic E-state index is 0.00264. The van der Waals surface area contributed by atoms with Crippen LogP contribution < -0.4 is 11.3 Å². The highest BCUT2D eigenvalue weighted by molar-refractivity contribution is 5.36. The van der Waals surface area contributed by atoms with Gasteiger partial charge in [-0.25, -0.2) is 0 Å². The zero-order chi connectivity index (χ0) is 11.7. The van der Waals surface area contributed by atoms with Gasteiger partial charge in [0, 0.05) is 11.7 Å². The van der Waals surface area contributed by atoms with Gasteiger partial charge in [-0.1, -0.05) is 13.8 Å². The number of nitrogens with zero attached hydrogens (tertiary/aromatic N) is 1. The lowest BCUT2D eigenvalue weighted by Gasteiger charge is -2.30. The molecular weight excluding hydrogens is 200 g/mol. The van der Waals surface area contributed by atoms with Gasteiger partial charge in [-0.05, 0) is 43.7 Å². The maximum Gasteiger partial charge on any atom is 0.274 e. The van der Waals surface area contributed by atoms with Crippen LogP contribution >= 0.6 is 0 Å². The van der Waals surface area contributed by atoms with Gasteiger partial charge in [-0.3, -0.25) is 4.79 Å². The second-order valence-corrected chi connectivity index (χ2v) is 5.14. The van der Waals surface area contributed by atoms with Gasteiger partial charge < -0.3 is 10.3 Å². The highest BCUT2D eigenvalue weighted by Gasteiger charge is 2.23. The van der Waals surface area contributed by atoms with Crippen molar-refractivity contribution in [3.05, 3.63) is 28.2 Å². The lowest BCUT2D eigenvalue weighted by molar-refractivity contribution is 0.297. The Morgan fingerprint density at radius 1 is 1.44 bits per heavy atom. The minimum absolute atomic E-state index is 0.00264. The third kappa shape index (κ3) is 1.99. The summed E-state index contributed by atoms with van der Waals surface area (Å²) in [7, 11) is 0. The molecule has 0 bridgehead atoms. The summed E-state index contributed by atoms with van der Waals surface area (Å²) >= 11 is 0. The Labute approximate surface area is 96.3 Å². The highest BCUT2D eigenvalue weighted by Crippen LogP contribution is 2.31. The number of anilines is 1. The molecule has 3 nitrogen and oxygen atoms in total. The summed E-state index contributed by atoms with van der Waals surface area (Å²) in [5.41, 5.74) is 7.22. The Kier molecular flexibility index (Phi) is 3.03. The van der Waals surface area contributed by atoms with Crippen LogP contribution in [0.2, 0.25) is 0 Å². The van der Waals surface area contributed by atoms with Crippen molar-refractivity contribution in [3.8, 4) is 0 Å². The van der Waals surface area contributed by atoms with Crippen LogP contribution in [0.3, 0.4) is 0 Å². The SMILES string of the molecule is CC(C)Cc1ccc(N)c(=O)n1C1CCC1. The normalized spacial score (nSPS) is 16.4. The first kappa shape index (κ1) is 11.2. The van der Waals surface area contributed by atoms with Gasteiger partial charge in [-0.2, -0.15) is 0 Å². The molecule has 1 aromatic heterocycles. The van der Waals surface area contributed by atoms with Crippen LogP contribution in [-0.2, 0) is 6.42 Å². The van der Waals surface area contributed by atoms with Gasteiger partial charge in [0.25, 0.3) is 5.56 Å². The molecule has 0 amide bonds. The van der Waals surface area contributed by atoms with Crippen molar-refractivity contribution in [2.75, 3.05) is 5.73 Å². The highest BCUT2D eigenvalue weighted by atomic mass is 16.1. The molecule has 16 heavy (non-hydrogen) atoms. The number of nitrogen functional groups attached to an aromatic ring is 1. The second-order valence-electron chi connectivity index (χ2n) is 5.14. The molecule has 2 N–H and O–H groups in total. The smallest absolute Gasteiger partial charge is 0.274 e. The van der Waals surface area contributed by atoms with Crippen molar-refractivity contribution >= 4 is 5.69 Å². The molecule has 0 unspecified atom stereocenters. The van der Waals surface area contributed by atoms with Crippen molar-refractivity contribution in [1.29, 1.82) is 0 Å². The van der Waals surface area contributed by atoms with Gasteiger partial charge in [0.2, 0.25) is 0 Å². The number of rotatable bonds is 3. The molecule has 0 saturated heterocycles. The first-order valence-electron chi connectivity index (χ1n) is 6.09. The molecule has 0 spiro atoms. The van der Waals surface area contributed by atoms with E-state index in [4.69, 9.17) is 5.73 Å². The molecule has 0 aromatic carbocycles. The minimum Gasteiger partial charge on any atom is -0.394 e. The van der Waals surface area contributed by atoms with Crippen molar-refractivity contribution in [2.24, 2.45) is 5.92 Å². The largest absolute Gasteiger partial charge is 0.394 e. The molecule has 88 valence electrons. The molecule has 3 heteroatoms. The fraction of sp³-hybridized carbons (Fsp3) is 0.615. The van der Waals surface area contributed by atoms with E-state index in [1.54, 1.807) is 6.07 Å². The molecule has 2 rings (SSSR count). The third-order valence-corrected chi connectivity index (χ3v) is 3.29. The Balaban J connectivity index is 2.42. The van der Waals surface area contributed by atoms with E-state index in [0.717, 1.165) is 25.0 Å². The lowest BCUT2D eigenvalue weighted by Crippen LogP contribution is -2.33. The number of pyridine rings is 1. The summed E-state index contributed by atoms with van der Waals surface area (Å²) < 4.78 is 1.93. The molecule has 1 aliphatic rings. The van der Waals surface area contributed by atoms with E-state index in [2.05, 4.69) is 13.8 Å². The van der Waals surface area contributed by atoms with E-state index in [9.17, 15) is 4.79 Å². The maximum atomic E-state index is 12.0. The van der Waals surface area contributed by atoms with E-state index in [1.165, 1.54) is 6.42 Å². The molecule has 0 aliphatic heterocycles. The van der Waals surface area contributed by atoms with Crippen LogP contribution in [0.4, 0.5) is 5.69 Å². The topological polar surface area (TPSA) is 48.0 Å². The number of hydrogen-bond donors (Lipinski definition) is 1. The zero-order valence-corrected chi connectivity index (χ0v) is 10.1. The summed E-state index contributed by atoms with van der Waals surface area (Å²) in [5, 5.41) is 0. The molecule has 1 saturated carbocycles. The summed E-state index contributed by atoms with van der Waals surface area (Å²) in [6, 6.07) is 4.15. The molecule has 1 aliphatic carbocycles. The van der Waals surface area contributed by atoms with Gasteiger partial charge >= 0.3 is 0 Å². The number of aromatic nitrogens is 1. The standard InChI is InChI=1S/C13H20N2O/c1-9(2)8-11-6-7-12(14)13(16)15(11)10-4-3-5-10/h6-7,9-10H,3-5,8,14H2,1-2H3. The van der Waals surface area contributed by atoms with Crippen LogP contribution in [0.15, 0.2) is 16.9 Å². The second kappa shape index (κ2) is 4.32. The summed E-state index contributed by atoms with van der Waals surface area (Å²) in [5.74, 6) is 0.564. The summed E-state index contributed by atoms with van der Waals surface area (Å²) in [4.78, 5) is 12.0. The van der Waals surface area contributed by atoms with Gasteiger partial charge in [-0.15, -0.1) is 0 Å². The van der Waals surface area contributed by atoms with E-state index in [-0.39, 0.29) is 5.56 Å². The number of nitrogens with two attached hydrogens (primary N) is 1. The molecule has 0 atom stereocenters. The third-order valence-electron chi connectivity index (χ3n) is 3.29. The zero-order valence-electron chi connectivity index (χ0n) is 10.1. The van der Waals surface area contributed by atoms with Crippen molar-refractivity contribution in [2.45, 2.75) is 45.6 Å². The Morgan fingerprint density at radius 2 is 2.12 bits per heavy atom. The van der Waals surface area contributed by atoms with E-state index >= 15 is 0 Å². The van der Waals surface area contributed by atoms with Crippen LogP contribution in [0.1, 0.15) is 44.8 Å². The molecular formula is C13H20N2O. The average molecular weight is 220 g/mol. The van der Waals surface area contributed by atoms with Gasteiger partial charge in [0.05, 0.1) is 5.69 Å². The van der Waals surface area contributed by atoms with E-state index in [0.29, 0.717) is 17.6 Å². The average Bonchev–Trinajstić information content (AvgIpc) is 2.13. The Bertz CT molecular complexity index is 430. The van der Waals surface area contributed by atoms with Crippen molar-refractivity contribution in [1.82, 2.24) is 4.57 Å². The summed E-state index contributed by atoms with van der Waals surface area (Å²) in [6.45, 7) is 4.35. The van der Waals surface area contributed by atoms with Gasteiger partial charge in [0.15, 0.2) is 0 Å². The van der Waals surface area contributed by atoms with Crippen molar-refractivity contribution in [3.63, 3.8) is 0 Å². The maximum absolute atomic E-state index is 12.0. The molecule has 1 heterocycles. The van der Waals surface area contributed by atoms with Gasteiger partial charge in [0.1, 0.15) is 0 Å².